The van der Waals surface area contributed by atoms with Crippen LogP contribution in [0.2, 0.25) is 0 Å². The lowest BCUT2D eigenvalue weighted by molar-refractivity contribution is 0.563. The Morgan fingerprint density at radius 2 is 2.53 bits per heavy atom. The van der Waals surface area contributed by atoms with Gasteiger partial charge in [-0.1, -0.05) is 6.07 Å². The molecule has 0 aromatic carbocycles. The largest absolute Gasteiger partial charge is 0.297 e. The van der Waals surface area contributed by atoms with Gasteiger partial charge >= 0.3 is 0 Å². The molecule has 0 aliphatic carbocycles. The summed E-state index contributed by atoms with van der Waals surface area (Å²) in [6.07, 6.45) is 4.15. The number of nitrogens with zero attached hydrogens (tertiary/aromatic N) is 1. The fourth-order valence-corrected chi connectivity index (χ4v) is 2.39. The summed E-state index contributed by atoms with van der Waals surface area (Å²) in [5.41, 5.74) is 0. The van der Waals surface area contributed by atoms with Crippen molar-refractivity contribution in [3.63, 3.8) is 0 Å². The van der Waals surface area contributed by atoms with Crippen LogP contribution in [0.3, 0.4) is 0 Å². The fourth-order valence-electron chi connectivity index (χ4n) is 1.28. The second-order valence-corrected chi connectivity index (χ2v) is 5.29. The molecular weight excluding hydrogens is 224 g/mol. The zero-order chi connectivity index (χ0) is 10.9. The lowest BCUT2D eigenvalue weighted by atomic mass is 10.2. The van der Waals surface area contributed by atoms with Crippen molar-refractivity contribution in [3.05, 3.63) is 22.4 Å². The minimum Gasteiger partial charge on any atom is -0.297 e. The number of thioether (sulfide) groups is 1. The van der Waals surface area contributed by atoms with Crippen LogP contribution in [0.25, 0.3) is 0 Å². The molecule has 1 aromatic heterocycles. The molecule has 1 N–H and O–H groups in total. The first-order valence-corrected chi connectivity index (χ1v) is 7.28. The van der Waals surface area contributed by atoms with Crippen LogP contribution < -0.4 is 5.32 Å². The summed E-state index contributed by atoms with van der Waals surface area (Å²) in [7, 11) is 0. The lowest BCUT2D eigenvalue weighted by Crippen LogP contribution is -2.26. The van der Waals surface area contributed by atoms with Crippen LogP contribution in [0.15, 0.2) is 17.5 Å². The molecule has 82 valence electrons. The van der Waals surface area contributed by atoms with Crippen molar-refractivity contribution in [1.29, 1.82) is 5.26 Å². The minimum absolute atomic E-state index is 0.000694. The number of hydrogen-bond donors (Lipinski definition) is 1. The van der Waals surface area contributed by atoms with Crippen molar-refractivity contribution in [3.8, 4) is 6.07 Å². The molecule has 1 atom stereocenters. The third-order valence-corrected chi connectivity index (χ3v) is 3.67. The predicted molar refractivity (Wildman–Crippen MR) is 68.2 cm³/mol. The van der Waals surface area contributed by atoms with Gasteiger partial charge in [-0.05, 0) is 36.3 Å². The molecule has 1 rings (SSSR count). The number of nitriles is 1. The van der Waals surface area contributed by atoms with Crippen molar-refractivity contribution in [1.82, 2.24) is 5.32 Å². The quantitative estimate of drug-likeness (QED) is 0.744. The van der Waals surface area contributed by atoms with Gasteiger partial charge in [0, 0.05) is 11.4 Å². The number of nitrogens with one attached hydrogen (secondary N) is 1. The van der Waals surface area contributed by atoms with Gasteiger partial charge in [0.05, 0.1) is 12.1 Å². The monoisotopic (exact) mass is 240 g/mol. The van der Waals surface area contributed by atoms with Crippen LogP contribution >= 0.6 is 23.1 Å². The first-order valence-electron chi connectivity index (χ1n) is 5.01. The molecule has 0 amide bonds. The van der Waals surface area contributed by atoms with Gasteiger partial charge in [-0.2, -0.15) is 17.0 Å². The van der Waals surface area contributed by atoms with Gasteiger partial charge in [-0.25, -0.2) is 0 Å². The number of thiophene rings is 1. The Kier molecular flexibility index (Phi) is 6.49. The number of hydrogen-bond acceptors (Lipinski definition) is 4. The molecule has 0 fully saturated rings. The molecule has 1 aromatic rings. The zero-order valence-electron chi connectivity index (χ0n) is 8.90. The van der Waals surface area contributed by atoms with E-state index in [0.717, 1.165) is 25.1 Å². The van der Waals surface area contributed by atoms with E-state index >= 15 is 0 Å². The molecule has 2 nitrogen and oxygen atoms in total. The molecular formula is C11H16N2S2. The standard InChI is InChI=1S/C11H16N2S2/c1-14-6-2-4-10(8-12)13-9-11-5-3-7-15-11/h3,5,7,10,13H,2,4,6,9H2,1H3. The van der Waals surface area contributed by atoms with Gasteiger partial charge in [0.2, 0.25) is 0 Å². The summed E-state index contributed by atoms with van der Waals surface area (Å²) in [4.78, 5) is 1.29. The molecule has 0 aliphatic rings. The third kappa shape index (κ3) is 5.22. The van der Waals surface area contributed by atoms with E-state index in [-0.39, 0.29) is 6.04 Å². The van der Waals surface area contributed by atoms with Gasteiger partial charge in [0.25, 0.3) is 0 Å². The molecule has 4 heteroatoms. The van der Waals surface area contributed by atoms with Crippen LogP contribution in [0.4, 0.5) is 0 Å². The summed E-state index contributed by atoms with van der Waals surface area (Å²) in [6.45, 7) is 0.815. The fraction of sp³-hybridized carbons (Fsp3) is 0.545. The van der Waals surface area contributed by atoms with Gasteiger partial charge in [0.1, 0.15) is 0 Å². The lowest BCUT2D eigenvalue weighted by Gasteiger charge is -2.09. The van der Waals surface area contributed by atoms with Gasteiger partial charge in [0.15, 0.2) is 0 Å². The molecule has 15 heavy (non-hydrogen) atoms. The van der Waals surface area contributed by atoms with Crippen LogP contribution in [0.1, 0.15) is 17.7 Å². The summed E-state index contributed by atoms with van der Waals surface area (Å²) in [6, 6.07) is 6.44. The Hall–Kier alpha value is -0.500. The van der Waals surface area contributed by atoms with Crippen LogP contribution in [0.5, 0.6) is 0 Å². The topological polar surface area (TPSA) is 35.8 Å². The van der Waals surface area contributed by atoms with E-state index in [1.165, 1.54) is 4.88 Å². The molecule has 0 bridgehead atoms. The van der Waals surface area contributed by atoms with E-state index in [0.29, 0.717) is 0 Å². The van der Waals surface area contributed by atoms with Gasteiger partial charge < -0.3 is 0 Å². The maximum Gasteiger partial charge on any atom is 0.0956 e. The van der Waals surface area contributed by atoms with Crippen molar-refractivity contribution < 1.29 is 0 Å². The van der Waals surface area contributed by atoms with E-state index in [1.807, 2.05) is 17.8 Å². The molecule has 1 unspecified atom stereocenters. The van der Waals surface area contributed by atoms with Crippen molar-refractivity contribution in [2.75, 3.05) is 12.0 Å². The first-order chi connectivity index (χ1) is 7.36. The Labute approximate surface area is 99.7 Å². The Balaban J connectivity index is 2.20. The normalized spacial score (nSPS) is 12.3. The summed E-state index contributed by atoms with van der Waals surface area (Å²) in [5, 5.41) is 14.3. The highest BCUT2D eigenvalue weighted by atomic mass is 32.2. The maximum atomic E-state index is 8.94. The second-order valence-electron chi connectivity index (χ2n) is 3.28. The van der Waals surface area contributed by atoms with E-state index in [9.17, 15) is 0 Å². The SMILES string of the molecule is CSCCCC(C#N)NCc1cccs1. The van der Waals surface area contributed by atoms with Crippen LogP contribution in [-0.2, 0) is 6.54 Å². The van der Waals surface area contributed by atoms with Crippen molar-refractivity contribution >= 4 is 23.1 Å². The predicted octanol–water partition coefficient (Wildman–Crippen LogP) is 2.87. The zero-order valence-corrected chi connectivity index (χ0v) is 10.5. The van der Waals surface area contributed by atoms with Gasteiger partial charge in [-0.15, -0.1) is 11.3 Å². The molecule has 0 radical (unpaired) electrons. The highest BCUT2D eigenvalue weighted by molar-refractivity contribution is 7.98. The smallest absolute Gasteiger partial charge is 0.0956 e. The van der Waals surface area contributed by atoms with E-state index in [2.05, 4.69) is 29.1 Å². The first kappa shape index (κ1) is 12.6. The van der Waals surface area contributed by atoms with Crippen LogP contribution in [-0.4, -0.2) is 18.1 Å². The van der Waals surface area contributed by atoms with E-state index in [1.54, 1.807) is 11.3 Å². The number of rotatable bonds is 7. The molecule has 1 heterocycles. The van der Waals surface area contributed by atoms with Gasteiger partial charge in [-0.3, -0.25) is 5.32 Å². The average Bonchev–Trinajstić information content (AvgIpc) is 2.76. The van der Waals surface area contributed by atoms with Crippen molar-refractivity contribution in [2.45, 2.75) is 25.4 Å². The van der Waals surface area contributed by atoms with Crippen molar-refractivity contribution in [2.24, 2.45) is 0 Å². The average molecular weight is 240 g/mol. The summed E-state index contributed by atoms with van der Waals surface area (Å²) >= 11 is 3.56. The molecule has 0 aliphatic heterocycles. The Morgan fingerprint density at radius 3 is 3.13 bits per heavy atom. The van der Waals surface area contributed by atoms with Crippen LogP contribution in [0, 0.1) is 11.3 Å². The minimum atomic E-state index is -0.000694. The molecule has 0 saturated carbocycles. The maximum absolute atomic E-state index is 8.94. The highest BCUT2D eigenvalue weighted by Gasteiger charge is 2.05. The molecule has 0 saturated heterocycles. The Bertz CT molecular complexity index is 290. The highest BCUT2D eigenvalue weighted by Crippen LogP contribution is 2.09. The second kappa shape index (κ2) is 7.75. The summed E-state index contributed by atoms with van der Waals surface area (Å²) < 4.78 is 0. The summed E-state index contributed by atoms with van der Waals surface area (Å²) in [5.74, 6) is 1.14. The van der Waals surface area contributed by atoms with E-state index in [4.69, 9.17) is 5.26 Å². The Morgan fingerprint density at radius 1 is 1.67 bits per heavy atom. The van der Waals surface area contributed by atoms with E-state index < -0.39 is 0 Å². The third-order valence-electron chi connectivity index (χ3n) is 2.10. The molecule has 0 spiro atoms.